The first kappa shape index (κ1) is 57.0. The SMILES string of the molecule is CC/C=C\C/C=C\C/C=C\C/C=C\C/C=C\C/C=C\CCCCCCC(=O)OC(COC(=O)CCCCC/C=C\C/C=C\C/C=C\CC)COC(OCC[N+](C)(C)C)C(=O)[O-]. The lowest BCUT2D eigenvalue weighted by Crippen LogP contribution is -2.44. The van der Waals surface area contributed by atoms with E-state index in [1.54, 1.807) is 0 Å². The number of hydrogen-bond donors (Lipinski definition) is 0. The summed E-state index contributed by atoms with van der Waals surface area (Å²) < 4.78 is 22.5. The lowest BCUT2D eigenvalue weighted by Gasteiger charge is -2.26. The van der Waals surface area contributed by atoms with E-state index in [9.17, 15) is 19.5 Å². The fourth-order valence-corrected chi connectivity index (χ4v) is 5.49. The van der Waals surface area contributed by atoms with Crippen LogP contribution in [0.1, 0.15) is 142 Å². The number of rotatable bonds is 40. The first-order chi connectivity index (χ1) is 29.6. The van der Waals surface area contributed by atoms with Crippen LogP contribution in [0.2, 0.25) is 0 Å². The molecule has 0 rings (SSSR count). The van der Waals surface area contributed by atoms with Crippen LogP contribution >= 0.6 is 0 Å². The summed E-state index contributed by atoms with van der Waals surface area (Å²) in [6.07, 6.45) is 54.1. The molecule has 61 heavy (non-hydrogen) atoms. The van der Waals surface area contributed by atoms with Crippen LogP contribution in [-0.4, -0.2) is 82.3 Å². The zero-order chi connectivity index (χ0) is 44.9. The molecular formula is C52H83NO8. The van der Waals surface area contributed by atoms with Crippen molar-refractivity contribution in [3.63, 3.8) is 0 Å². The maximum Gasteiger partial charge on any atom is 0.306 e. The highest BCUT2D eigenvalue weighted by Gasteiger charge is 2.21. The van der Waals surface area contributed by atoms with Crippen molar-refractivity contribution in [2.45, 2.75) is 155 Å². The monoisotopic (exact) mass is 850 g/mol. The average Bonchev–Trinajstić information content (AvgIpc) is 3.22. The third-order valence-corrected chi connectivity index (χ3v) is 9.02. The summed E-state index contributed by atoms with van der Waals surface area (Å²) in [5.74, 6) is -2.38. The molecule has 344 valence electrons. The maximum atomic E-state index is 12.8. The van der Waals surface area contributed by atoms with E-state index in [0.717, 1.165) is 103 Å². The van der Waals surface area contributed by atoms with Crippen LogP contribution in [-0.2, 0) is 33.3 Å². The van der Waals surface area contributed by atoms with Gasteiger partial charge in [0.2, 0.25) is 0 Å². The standard InChI is InChI=1S/C52H83NO8/c1-6-8-10-12-14-16-18-20-21-22-23-24-25-26-27-28-29-31-33-35-37-39-41-43-50(55)61-48(47-60-52(51(56)57)58-45-44-53(3,4)5)46-59-49(54)42-40-38-36-34-32-30-19-17-15-13-11-9-7-2/h8-11,14-17,20-21,23-24,26-27,29-32,48,52H,6-7,12-13,18-19,22,25,28,33-47H2,1-5H3/b10-8-,11-9-,16-14-,17-15-,21-20-,24-23-,27-26-,31-29-,32-30-. The van der Waals surface area contributed by atoms with E-state index in [-0.39, 0.29) is 32.7 Å². The Hall–Kier alpha value is -4.05. The number of ether oxygens (including phenoxy) is 4. The fraction of sp³-hybridized carbons (Fsp3) is 0.596. The predicted molar refractivity (Wildman–Crippen MR) is 250 cm³/mol. The number of carbonyl (C=O) groups excluding carboxylic acids is 3. The minimum Gasteiger partial charge on any atom is -0.545 e. The molecule has 0 aliphatic carbocycles. The van der Waals surface area contributed by atoms with Gasteiger partial charge in [0.15, 0.2) is 12.4 Å². The molecule has 0 saturated carbocycles. The third kappa shape index (κ3) is 43.8. The highest BCUT2D eigenvalue weighted by Crippen LogP contribution is 2.11. The maximum absolute atomic E-state index is 12.8. The number of nitrogens with zero attached hydrogens (tertiary/aromatic N) is 1. The quantitative estimate of drug-likeness (QED) is 0.0197. The van der Waals surface area contributed by atoms with Gasteiger partial charge >= 0.3 is 11.9 Å². The van der Waals surface area contributed by atoms with E-state index < -0.39 is 30.3 Å². The second kappa shape index (κ2) is 42.6. The van der Waals surface area contributed by atoms with Crippen molar-refractivity contribution in [2.75, 3.05) is 47.5 Å². The lowest BCUT2D eigenvalue weighted by molar-refractivity contribution is -0.870. The smallest absolute Gasteiger partial charge is 0.306 e. The number of allylic oxidation sites excluding steroid dienone is 18. The van der Waals surface area contributed by atoms with E-state index in [1.807, 2.05) is 21.1 Å². The van der Waals surface area contributed by atoms with Crippen LogP contribution in [0.3, 0.4) is 0 Å². The Morgan fingerprint density at radius 1 is 0.492 bits per heavy atom. The first-order valence-corrected chi connectivity index (χ1v) is 23.0. The van der Waals surface area contributed by atoms with Gasteiger partial charge in [0.05, 0.1) is 40.3 Å². The third-order valence-electron chi connectivity index (χ3n) is 9.02. The van der Waals surface area contributed by atoms with Crippen molar-refractivity contribution in [1.82, 2.24) is 0 Å². The zero-order valence-corrected chi connectivity index (χ0v) is 38.7. The van der Waals surface area contributed by atoms with Crippen LogP contribution in [0.5, 0.6) is 0 Å². The largest absolute Gasteiger partial charge is 0.545 e. The van der Waals surface area contributed by atoms with Gasteiger partial charge in [-0.1, -0.05) is 142 Å². The zero-order valence-electron chi connectivity index (χ0n) is 38.7. The molecule has 0 spiro atoms. The van der Waals surface area contributed by atoms with Crippen molar-refractivity contribution in [3.8, 4) is 0 Å². The number of aliphatic carboxylic acids is 1. The molecule has 0 aliphatic rings. The van der Waals surface area contributed by atoms with E-state index in [4.69, 9.17) is 18.9 Å². The predicted octanol–water partition coefficient (Wildman–Crippen LogP) is 11.1. The molecule has 0 amide bonds. The van der Waals surface area contributed by atoms with Gasteiger partial charge in [-0.25, -0.2) is 0 Å². The second-order valence-corrected chi connectivity index (χ2v) is 15.9. The van der Waals surface area contributed by atoms with E-state index in [1.165, 1.54) is 0 Å². The number of esters is 2. The van der Waals surface area contributed by atoms with Gasteiger partial charge in [0.1, 0.15) is 13.2 Å². The number of hydrogen-bond acceptors (Lipinski definition) is 8. The van der Waals surface area contributed by atoms with Gasteiger partial charge in [-0.15, -0.1) is 0 Å². The molecular weight excluding hydrogens is 767 g/mol. The number of carboxylic acid groups (broad SMARTS) is 1. The summed E-state index contributed by atoms with van der Waals surface area (Å²) in [5, 5.41) is 11.7. The summed E-state index contributed by atoms with van der Waals surface area (Å²) >= 11 is 0. The van der Waals surface area contributed by atoms with E-state index in [0.29, 0.717) is 23.9 Å². The minimum atomic E-state index is -1.64. The Labute approximate surface area is 371 Å². The summed E-state index contributed by atoms with van der Waals surface area (Å²) in [7, 11) is 5.88. The Kier molecular flexibility index (Phi) is 39.8. The number of quaternary nitrogens is 1. The molecule has 9 heteroatoms. The Morgan fingerprint density at radius 3 is 1.31 bits per heavy atom. The molecule has 2 unspecified atom stereocenters. The molecule has 0 N–H and O–H groups in total. The van der Waals surface area contributed by atoms with Gasteiger partial charge in [-0.2, -0.15) is 0 Å². The molecule has 0 saturated heterocycles. The van der Waals surface area contributed by atoms with Crippen molar-refractivity contribution >= 4 is 17.9 Å². The summed E-state index contributed by atoms with van der Waals surface area (Å²) in [5.41, 5.74) is 0. The Morgan fingerprint density at radius 2 is 0.885 bits per heavy atom. The van der Waals surface area contributed by atoms with Crippen molar-refractivity contribution in [2.24, 2.45) is 0 Å². The normalized spacial score (nSPS) is 13.9. The van der Waals surface area contributed by atoms with Gasteiger partial charge in [-0.3, -0.25) is 9.59 Å². The van der Waals surface area contributed by atoms with Crippen LogP contribution in [0.25, 0.3) is 0 Å². The molecule has 0 aromatic carbocycles. The van der Waals surface area contributed by atoms with Gasteiger partial charge < -0.3 is 33.3 Å². The van der Waals surface area contributed by atoms with Gasteiger partial charge in [-0.05, 0) is 96.3 Å². The number of likely N-dealkylation sites (N-methyl/N-ethyl adjacent to an activating group) is 1. The average molecular weight is 850 g/mol. The topological polar surface area (TPSA) is 111 Å². The molecule has 0 radical (unpaired) electrons. The van der Waals surface area contributed by atoms with Crippen LogP contribution < -0.4 is 5.11 Å². The molecule has 0 aliphatic heterocycles. The molecule has 0 aromatic heterocycles. The van der Waals surface area contributed by atoms with Crippen LogP contribution in [0.4, 0.5) is 0 Å². The highest BCUT2D eigenvalue weighted by molar-refractivity contribution is 5.70. The molecule has 9 nitrogen and oxygen atoms in total. The summed E-state index contributed by atoms with van der Waals surface area (Å²) in [6, 6.07) is 0. The van der Waals surface area contributed by atoms with Crippen LogP contribution in [0, 0.1) is 0 Å². The highest BCUT2D eigenvalue weighted by atomic mass is 16.7. The number of unbranched alkanes of at least 4 members (excludes halogenated alkanes) is 7. The fourth-order valence-electron chi connectivity index (χ4n) is 5.49. The first-order valence-electron chi connectivity index (χ1n) is 23.0. The number of carbonyl (C=O) groups is 3. The molecule has 0 aromatic rings. The Bertz CT molecular complexity index is 1360. The minimum absolute atomic E-state index is 0.130. The molecule has 0 bridgehead atoms. The van der Waals surface area contributed by atoms with Gasteiger partial charge in [0, 0.05) is 12.8 Å². The van der Waals surface area contributed by atoms with Crippen molar-refractivity contribution in [3.05, 3.63) is 109 Å². The van der Waals surface area contributed by atoms with Crippen LogP contribution in [0.15, 0.2) is 109 Å². The summed E-state index contributed by atoms with van der Waals surface area (Å²) in [6.45, 7) is 4.40. The number of carboxylic acids is 1. The lowest BCUT2D eigenvalue weighted by atomic mass is 10.1. The molecule has 0 heterocycles. The van der Waals surface area contributed by atoms with E-state index in [2.05, 4.69) is 123 Å². The Balaban J connectivity index is 4.51. The van der Waals surface area contributed by atoms with Gasteiger partial charge in [0.25, 0.3) is 0 Å². The molecule has 0 fully saturated rings. The van der Waals surface area contributed by atoms with Crippen molar-refractivity contribution < 1.29 is 42.9 Å². The molecule has 2 atom stereocenters. The van der Waals surface area contributed by atoms with Crippen molar-refractivity contribution in [1.29, 1.82) is 0 Å². The summed E-state index contributed by atoms with van der Waals surface area (Å²) in [4.78, 5) is 37.0. The second-order valence-electron chi connectivity index (χ2n) is 15.9. The van der Waals surface area contributed by atoms with E-state index >= 15 is 0 Å².